The van der Waals surface area contributed by atoms with Gasteiger partial charge in [-0.05, 0) is 56.0 Å². The molecule has 4 heteroatoms. The standard InChI is InChI=1S/C19H26N2O2/c20-19(14-7-8-17-18(12-14)23-11-10-22-17)15-4-3-9-21(13-15)16-5-1-2-6-16/h7-8,12,15-16,20H,1-6,9-11,13H2. The van der Waals surface area contributed by atoms with E-state index in [0.29, 0.717) is 19.1 Å². The highest BCUT2D eigenvalue weighted by molar-refractivity contribution is 6.00. The zero-order valence-corrected chi connectivity index (χ0v) is 13.7. The van der Waals surface area contributed by atoms with Crippen LogP contribution < -0.4 is 9.47 Å². The first kappa shape index (κ1) is 15.0. The van der Waals surface area contributed by atoms with Crippen LogP contribution in [0.1, 0.15) is 44.1 Å². The summed E-state index contributed by atoms with van der Waals surface area (Å²) in [5.41, 5.74) is 1.76. The second-order valence-corrected chi connectivity index (χ2v) is 7.04. The number of rotatable bonds is 3. The summed E-state index contributed by atoms with van der Waals surface area (Å²) in [6.07, 6.45) is 7.82. The molecule has 1 saturated carbocycles. The van der Waals surface area contributed by atoms with Crippen LogP contribution >= 0.6 is 0 Å². The van der Waals surface area contributed by atoms with Crippen molar-refractivity contribution in [1.29, 1.82) is 5.41 Å². The lowest BCUT2D eigenvalue weighted by Gasteiger charge is -2.37. The van der Waals surface area contributed by atoms with Gasteiger partial charge in [-0.2, -0.15) is 0 Å². The number of hydrogen-bond acceptors (Lipinski definition) is 4. The molecule has 1 atom stereocenters. The molecule has 1 aromatic carbocycles. The van der Waals surface area contributed by atoms with Crippen LogP contribution in [0.2, 0.25) is 0 Å². The van der Waals surface area contributed by atoms with Gasteiger partial charge in [0.15, 0.2) is 11.5 Å². The predicted molar refractivity (Wildman–Crippen MR) is 90.8 cm³/mol. The molecule has 0 aromatic heterocycles. The SMILES string of the molecule is N=C(c1ccc2c(c1)OCCO2)C1CCCN(C2CCCC2)C1. The maximum absolute atomic E-state index is 8.68. The van der Waals surface area contributed by atoms with Crippen molar-refractivity contribution >= 4 is 5.71 Å². The van der Waals surface area contributed by atoms with Crippen molar-refractivity contribution in [2.45, 2.75) is 44.6 Å². The van der Waals surface area contributed by atoms with Crippen LogP contribution in [-0.4, -0.2) is 43.0 Å². The Balaban J connectivity index is 1.47. The van der Waals surface area contributed by atoms with Gasteiger partial charge in [0.25, 0.3) is 0 Å². The number of nitrogens with zero attached hydrogens (tertiary/aromatic N) is 1. The molecule has 3 aliphatic rings. The Morgan fingerprint density at radius 2 is 1.78 bits per heavy atom. The smallest absolute Gasteiger partial charge is 0.162 e. The van der Waals surface area contributed by atoms with Crippen LogP contribution in [0.5, 0.6) is 11.5 Å². The molecule has 4 nitrogen and oxygen atoms in total. The molecule has 1 aliphatic carbocycles. The number of fused-ring (bicyclic) bond motifs is 1. The fourth-order valence-electron chi connectivity index (χ4n) is 4.29. The lowest BCUT2D eigenvalue weighted by molar-refractivity contribution is 0.147. The van der Waals surface area contributed by atoms with E-state index in [9.17, 15) is 0 Å². The third-order valence-electron chi connectivity index (χ3n) is 5.56. The van der Waals surface area contributed by atoms with Gasteiger partial charge >= 0.3 is 0 Å². The molecule has 4 rings (SSSR count). The zero-order valence-electron chi connectivity index (χ0n) is 13.7. The van der Waals surface area contributed by atoms with Gasteiger partial charge in [0.2, 0.25) is 0 Å². The normalized spacial score (nSPS) is 25.5. The third kappa shape index (κ3) is 3.09. The molecule has 23 heavy (non-hydrogen) atoms. The van der Waals surface area contributed by atoms with Crippen LogP contribution in [-0.2, 0) is 0 Å². The van der Waals surface area contributed by atoms with Crippen LogP contribution in [0.4, 0.5) is 0 Å². The average molecular weight is 314 g/mol. The van der Waals surface area contributed by atoms with Crippen molar-refractivity contribution in [3.8, 4) is 11.5 Å². The van der Waals surface area contributed by atoms with Crippen LogP contribution in [0.25, 0.3) is 0 Å². The molecular formula is C19H26N2O2. The van der Waals surface area contributed by atoms with Gasteiger partial charge in [-0.25, -0.2) is 0 Å². The second-order valence-electron chi connectivity index (χ2n) is 7.04. The summed E-state index contributed by atoms with van der Waals surface area (Å²) in [5, 5.41) is 8.68. The maximum atomic E-state index is 8.68. The van der Waals surface area contributed by atoms with Gasteiger partial charge in [-0.3, -0.25) is 4.90 Å². The number of benzene rings is 1. The predicted octanol–water partition coefficient (Wildman–Crippen LogP) is 3.48. The first-order valence-electron chi connectivity index (χ1n) is 9.04. The molecule has 0 spiro atoms. The van der Waals surface area contributed by atoms with E-state index < -0.39 is 0 Å². The molecule has 0 amide bonds. The van der Waals surface area contributed by atoms with E-state index in [1.165, 1.54) is 38.6 Å². The van der Waals surface area contributed by atoms with E-state index in [2.05, 4.69) is 4.90 Å². The van der Waals surface area contributed by atoms with Crippen LogP contribution in [0.3, 0.4) is 0 Å². The molecular weight excluding hydrogens is 288 g/mol. The molecule has 2 heterocycles. The first-order valence-corrected chi connectivity index (χ1v) is 9.04. The number of hydrogen-bond donors (Lipinski definition) is 1. The van der Waals surface area contributed by atoms with Crippen molar-refractivity contribution in [3.63, 3.8) is 0 Å². The lowest BCUT2D eigenvalue weighted by Crippen LogP contribution is -2.43. The Hall–Kier alpha value is -1.55. The quantitative estimate of drug-likeness (QED) is 0.869. The number of likely N-dealkylation sites (tertiary alicyclic amines) is 1. The summed E-state index contributed by atoms with van der Waals surface area (Å²) in [5.74, 6) is 1.96. The summed E-state index contributed by atoms with van der Waals surface area (Å²) >= 11 is 0. The molecule has 2 aliphatic heterocycles. The van der Waals surface area contributed by atoms with E-state index in [1.54, 1.807) is 0 Å². The number of piperidine rings is 1. The van der Waals surface area contributed by atoms with E-state index in [0.717, 1.165) is 41.8 Å². The molecule has 1 unspecified atom stereocenters. The number of nitrogens with one attached hydrogen (secondary N) is 1. The third-order valence-corrected chi connectivity index (χ3v) is 5.56. The van der Waals surface area contributed by atoms with Crippen LogP contribution in [0.15, 0.2) is 18.2 Å². The minimum Gasteiger partial charge on any atom is -0.486 e. The molecule has 1 saturated heterocycles. The number of ether oxygens (including phenoxy) is 2. The monoisotopic (exact) mass is 314 g/mol. The highest BCUT2D eigenvalue weighted by Crippen LogP contribution is 2.33. The van der Waals surface area contributed by atoms with E-state index in [4.69, 9.17) is 14.9 Å². The van der Waals surface area contributed by atoms with Gasteiger partial charge in [0.1, 0.15) is 13.2 Å². The minimum absolute atomic E-state index is 0.354. The average Bonchev–Trinajstić information content (AvgIpc) is 3.15. The largest absolute Gasteiger partial charge is 0.486 e. The van der Waals surface area contributed by atoms with Crippen molar-refractivity contribution in [3.05, 3.63) is 23.8 Å². The Morgan fingerprint density at radius 1 is 1.00 bits per heavy atom. The van der Waals surface area contributed by atoms with Crippen molar-refractivity contribution in [2.24, 2.45) is 5.92 Å². The topological polar surface area (TPSA) is 45.6 Å². The van der Waals surface area contributed by atoms with Crippen LogP contribution in [0, 0.1) is 11.3 Å². The first-order chi connectivity index (χ1) is 11.3. The Kier molecular flexibility index (Phi) is 4.25. The molecule has 0 radical (unpaired) electrons. The lowest BCUT2D eigenvalue weighted by atomic mass is 9.88. The summed E-state index contributed by atoms with van der Waals surface area (Å²) in [6, 6.07) is 6.73. The minimum atomic E-state index is 0.354. The summed E-state index contributed by atoms with van der Waals surface area (Å²) in [6.45, 7) is 3.49. The summed E-state index contributed by atoms with van der Waals surface area (Å²) in [7, 11) is 0. The van der Waals surface area contributed by atoms with Gasteiger partial charge < -0.3 is 14.9 Å². The van der Waals surface area contributed by atoms with E-state index >= 15 is 0 Å². The fourth-order valence-corrected chi connectivity index (χ4v) is 4.29. The molecule has 2 fully saturated rings. The fraction of sp³-hybridized carbons (Fsp3) is 0.632. The summed E-state index contributed by atoms with van der Waals surface area (Å²) in [4.78, 5) is 2.65. The highest BCUT2D eigenvalue weighted by Gasteiger charge is 2.30. The van der Waals surface area contributed by atoms with Crippen molar-refractivity contribution in [2.75, 3.05) is 26.3 Å². The van der Waals surface area contributed by atoms with Crippen molar-refractivity contribution in [1.82, 2.24) is 4.90 Å². The summed E-state index contributed by atoms with van der Waals surface area (Å²) < 4.78 is 11.3. The molecule has 124 valence electrons. The van der Waals surface area contributed by atoms with E-state index in [-0.39, 0.29) is 0 Å². The maximum Gasteiger partial charge on any atom is 0.162 e. The van der Waals surface area contributed by atoms with Gasteiger partial charge in [0.05, 0.1) is 0 Å². The van der Waals surface area contributed by atoms with E-state index in [1.807, 2.05) is 18.2 Å². The Morgan fingerprint density at radius 3 is 2.61 bits per heavy atom. The molecule has 0 bridgehead atoms. The van der Waals surface area contributed by atoms with Crippen molar-refractivity contribution < 1.29 is 9.47 Å². The Labute approximate surface area is 138 Å². The zero-order chi connectivity index (χ0) is 15.6. The Bertz CT molecular complexity index is 581. The second kappa shape index (κ2) is 6.52. The molecule has 1 N–H and O–H groups in total. The van der Waals surface area contributed by atoms with Gasteiger partial charge in [-0.1, -0.05) is 12.8 Å². The van der Waals surface area contributed by atoms with Gasteiger partial charge in [-0.15, -0.1) is 0 Å². The highest BCUT2D eigenvalue weighted by atomic mass is 16.6. The molecule has 1 aromatic rings. The van der Waals surface area contributed by atoms with Gasteiger partial charge in [0, 0.05) is 24.2 Å².